The Hall–Kier alpha value is -2.70. The van der Waals surface area contributed by atoms with Gasteiger partial charge in [0.2, 0.25) is 0 Å². The van der Waals surface area contributed by atoms with Gasteiger partial charge in [-0.2, -0.15) is 13.9 Å². The fourth-order valence-electron chi connectivity index (χ4n) is 1.56. The highest BCUT2D eigenvalue weighted by atomic mass is 19.3. The predicted octanol–water partition coefficient (Wildman–Crippen LogP) is 3.14. The Balaban J connectivity index is 2.09. The molecule has 0 spiro atoms. The zero-order valence-corrected chi connectivity index (χ0v) is 11.2. The second-order valence-corrected chi connectivity index (χ2v) is 3.87. The molecule has 1 N–H and O–H groups in total. The van der Waals surface area contributed by atoms with Crippen LogP contribution in [0, 0.1) is 0 Å². The highest BCUT2D eigenvalue weighted by Crippen LogP contribution is 2.28. The lowest BCUT2D eigenvalue weighted by Crippen LogP contribution is -2.04. The average molecular weight is 293 g/mol. The third-order valence-electron chi connectivity index (χ3n) is 2.46. The summed E-state index contributed by atoms with van der Waals surface area (Å²) in [5.41, 5.74) is 3.30. The Morgan fingerprint density at radius 3 is 2.76 bits per heavy atom. The van der Waals surface area contributed by atoms with Gasteiger partial charge in [-0.15, -0.1) is 0 Å². The highest BCUT2D eigenvalue weighted by Gasteiger charge is 2.10. The first-order chi connectivity index (χ1) is 10.2. The van der Waals surface area contributed by atoms with Gasteiger partial charge in [0.25, 0.3) is 0 Å². The van der Waals surface area contributed by atoms with Crippen molar-refractivity contribution in [3.05, 3.63) is 48.2 Å². The van der Waals surface area contributed by atoms with Crippen molar-refractivity contribution in [2.45, 2.75) is 6.61 Å². The molecule has 0 radical (unpaired) electrons. The van der Waals surface area contributed by atoms with Gasteiger partial charge < -0.3 is 9.47 Å². The van der Waals surface area contributed by atoms with E-state index in [4.69, 9.17) is 4.74 Å². The van der Waals surface area contributed by atoms with E-state index in [1.807, 2.05) is 6.07 Å². The third-order valence-corrected chi connectivity index (χ3v) is 2.46. The largest absolute Gasteiger partial charge is 0.493 e. The number of pyridine rings is 1. The summed E-state index contributed by atoms with van der Waals surface area (Å²) in [6.45, 7) is -2.92. The van der Waals surface area contributed by atoms with Gasteiger partial charge in [-0.05, 0) is 35.9 Å². The molecule has 0 aliphatic rings. The number of aromatic nitrogens is 1. The highest BCUT2D eigenvalue weighted by molar-refractivity contribution is 5.81. The number of nitrogens with zero attached hydrogens (tertiary/aromatic N) is 2. The number of ether oxygens (including phenoxy) is 2. The van der Waals surface area contributed by atoms with Crippen LogP contribution in [0.15, 0.2) is 47.7 Å². The summed E-state index contributed by atoms with van der Waals surface area (Å²) in [6, 6.07) is 9.95. The fourth-order valence-corrected chi connectivity index (χ4v) is 1.56. The van der Waals surface area contributed by atoms with E-state index in [1.165, 1.54) is 25.5 Å². The van der Waals surface area contributed by atoms with Crippen molar-refractivity contribution in [2.24, 2.45) is 5.10 Å². The molecule has 0 saturated heterocycles. The molecule has 110 valence electrons. The van der Waals surface area contributed by atoms with Crippen LogP contribution in [0.3, 0.4) is 0 Å². The van der Waals surface area contributed by atoms with Crippen LogP contribution in [0.5, 0.6) is 11.5 Å². The smallest absolute Gasteiger partial charge is 0.387 e. The van der Waals surface area contributed by atoms with Crippen molar-refractivity contribution in [1.82, 2.24) is 4.98 Å². The van der Waals surface area contributed by atoms with Gasteiger partial charge in [-0.25, -0.2) is 4.98 Å². The minimum Gasteiger partial charge on any atom is -0.493 e. The number of alkyl halides is 2. The summed E-state index contributed by atoms with van der Waals surface area (Å²) < 4.78 is 34.0. The second-order valence-electron chi connectivity index (χ2n) is 3.87. The minimum atomic E-state index is -2.92. The molecule has 1 aromatic heterocycles. The number of benzene rings is 1. The minimum absolute atomic E-state index is 0.0470. The van der Waals surface area contributed by atoms with Crippen LogP contribution >= 0.6 is 0 Å². The van der Waals surface area contributed by atoms with Crippen LogP contribution < -0.4 is 14.9 Å². The van der Waals surface area contributed by atoms with Gasteiger partial charge in [-0.3, -0.25) is 5.43 Å². The fraction of sp³-hybridized carbons (Fsp3) is 0.143. The molecule has 0 aliphatic carbocycles. The first-order valence-corrected chi connectivity index (χ1v) is 6.02. The summed E-state index contributed by atoms with van der Waals surface area (Å²) in [5, 5.41) is 3.97. The average Bonchev–Trinajstić information content (AvgIpc) is 2.48. The van der Waals surface area contributed by atoms with Crippen molar-refractivity contribution in [3.8, 4) is 11.5 Å². The molecule has 0 fully saturated rings. The van der Waals surface area contributed by atoms with E-state index in [1.54, 1.807) is 24.4 Å². The lowest BCUT2D eigenvalue weighted by molar-refractivity contribution is -0.0512. The number of hydrogen-bond acceptors (Lipinski definition) is 5. The maximum absolute atomic E-state index is 12.3. The SMILES string of the molecule is COc1ccc(/C=N\Nc2ccccn2)cc1OC(F)F. The Labute approximate surface area is 120 Å². The number of anilines is 1. The molecule has 0 aliphatic heterocycles. The zero-order chi connectivity index (χ0) is 15.1. The van der Waals surface area contributed by atoms with Crippen molar-refractivity contribution >= 4 is 12.0 Å². The maximum Gasteiger partial charge on any atom is 0.387 e. The number of hydrogen-bond donors (Lipinski definition) is 1. The molecular weight excluding hydrogens is 280 g/mol. The Morgan fingerprint density at radius 2 is 2.10 bits per heavy atom. The molecule has 21 heavy (non-hydrogen) atoms. The van der Waals surface area contributed by atoms with E-state index < -0.39 is 6.61 Å². The number of methoxy groups -OCH3 is 1. The number of hydrazone groups is 1. The summed E-state index contributed by atoms with van der Waals surface area (Å²) in [5.74, 6) is 0.755. The van der Waals surface area contributed by atoms with E-state index in [-0.39, 0.29) is 11.5 Å². The van der Waals surface area contributed by atoms with Crippen molar-refractivity contribution in [2.75, 3.05) is 12.5 Å². The van der Waals surface area contributed by atoms with Crippen LogP contribution in [0.1, 0.15) is 5.56 Å². The summed E-state index contributed by atoms with van der Waals surface area (Å²) in [7, 11) is 1.38. The molecule has 5 nitrogen and oxygen atoms in total. The molecule has 2 aromatic rings. The molecular formula is C14H13F2N3O2. The van der Waals surface area contributed by atoms with Gasteiger partial charge in [0.15, 0.2) is 11.5 Å². The number of nitrogens with one attached hydrogen (secondary N) is 1. The monoisotopic (exact) mass is 293 g/mol. The van der Waals surface area contributed by atoms with Crippen LogP contribution in [0.25, 0.3) is 0 Å². The van der Waals surface area contributed by atoms with E-state index in [9.17, 15) is 8.78 Å². The van der Waals surface area contributed by atoms with Gasteiger partial charge in [-0.1, -0.05) is 6.07 Å². The molecule has 2 rings (SSSR count). The number of halogens is 2. The zero-order valence-electron chi connectivity index (χ0n) is 11.2. The van der Waals surface area contributed by atoms with E-state index >= 15 is 0 Å². The van der Waals surface area contributed by atoms with Crippen LogP contribution in [-0.4, -0.2) is 24.9 Å². The standard InChI is InChI=1S/C14H13F2N3O2/c1-20-11-6-5-10(8-12(11)21-14(15)16)9-18-19-13-4-2-3-7-17-13/h2-9,14H,1H3,(H,17,19)/b18-9-. The van der Waals surface area contributed by atoms with Crippen LogP contribution in [0.4, 0.5) is 14.6 Å². The lowest BCUT2D eigenvalue weighted by atomic mass is 10.2. The van der Waals surface area contributed by atoms with E-state index in [0.29, 0.717) is 11.4 Å². The second kappa shape index (κ2) is 7.18. The summed E-state index contributed by atoms with van der Waals surface area (Å²) in [6.07, 6.45) is 3.09. The van der Waals surface area contributed by atoms with E-state index in [0.717, 1.165) is 0 Å². The van der Waals surface area contributed by atoms with Crippen LogP contribution in [0.2, 0.25) is 0 Å². The van der Waals surface area contributed by atoms with Gasteiger partial charge >= 0.3 is 6.61 Å². The Bertz CT molecular complexity index is 606. The normalized spacial score (nSPS) is 10.9. The first-order valence-electron chi connectivity index (χ1n) is 6.02. The molecule has 1 aromatic carbocycles. The molecule has 0 amide bonds. The number of rotatable bonds is 6. The predicted molar refractivity (Wildman–Crippen MR) is 75.1 cm³/mol. The van der Waals surface area contributed by atoms with E-state index in [2.05, 4.69) is 20.2 Å². The summed E-state index contributed by atoms with van der Waals surface area (Å²) in [4.78, 5) is 4.03. The van der Waals surface area contributed by atoms with Crippen molar-refractivity contribution in [1.29, 1.82) is 0 Å². The topological polar surface area (TPSA) is 55.7 Å². The summed E-state index contributed by atoms with van der Waals surface area (Å²) >= 11 is 0. The first kappa shape index (κ1) is 14.7. The lowest BCUT2D eigenvalue weighted by Gasteiger charge is -2.10. The quantitative estimate of drug-likeness (QED) is 0.656. The Kier molecular flexibility index (Phi) is 5.03. The maximum atomic E-state index is 12.3. The van der Waals surface area contributed by atoms with Crippen molar-refractivity contribution in [3.63, 3.8) is 0 Å². The van der Waals surface area contributed by atoms with Gasteiger partial charge in [0.05, 0.1) is 13.3 Å². The molecule has 0 unspecified atom stereocenters. The molecule has 0 bridgehead atoms. The van der Waals surface area contributed by atoms with Gasteiger partial charge in [0, 0.05) is 6.20 Å². The molecule has 0 atom stereocenters. The van der Waals surface area contributed by atoms with Crippen molar-refractivity contribution < 1.29 is 18.3 Å². The molecule has 7 heteroatoms. The van der Waals surface area contributed by atoms with Gasteiger partial charge in [0.1, 0.15) is 5.82 Å². The Morgan fingerprint density at radius 1 is 1.24 bits per heavy atom. The molecule has 0 saturated carbocycles. The van der Waals surface area contributed by atoms with Crippen LogP contribution in [-0.2, 0) is 0 Å². The third kappa shape index (κ3) is 4.41. The molecule has 1 heterocycles.